The summed E-state index contributed by atoms with van der Waals surface area (Å²) < 4.78 is 5.90. The predicted octanol–water partition coefficient (Wildman–Crippen LogP) is 5.38. The number of benzene rings is 2. The molecule has 2 aromatic carbocycles. The van der Waals surface area contributed by atoms with E-state index in [1.807, 2.05) is 47.8 Å². The zero-order valence-electron chi connectivity index (χ0n) is 18.1. The molecule has 6 heteroatoms. The number of carbonyl (C=O) groups excluding carboxylic acids is 1. The van der Waals surface area contributed by atoms with Gasteiger partial charge in [-0.2, -0.15) is 0 Å². The lowest BCUT2D eigenvalue weighted by Gasteiger charge is -2.30. The Hall–Kier alpha value is -1.63. The molecule has 1 amide bonds. The maximum absolute atomic E-state index is 12.8. The minimum absolute atomic E-state index is 0.0226. The highest BCUT2D eigenvalue weighted by Crippen LogP contribution is 2.43. The van der Waals surface area contributed by atoms with Gasteiger partial charge in [-0.15, -0.1) is 23.5 Å². The van der Waals surface area contributed by atoms with Crippen molar-refractivity contribution in [3.63, 3.8) is 0 Å². The molecule has 30 heavy (non-hydrogen) atoms. The van der Waals surface area contributed by atoms with Crippen LogP contribution in [0.5, 0.6) is 5.75 Å². The highest BCUT2D eigenvalue weighted by atomic mass is 32.2. The van der Waals surface area contributed by atoms with Gasteiger partial charge in [-0.25, -0.2) is 0 Å². The van der Waals surface area contributed by atoms with E-state index in [9.17, 15) is 4.79 Å². The number of carbonyl (C=O) groups is 1. The summed E-state index contributed by atoms with van der Waals surface area (Å²) in [5, 5.41) is 3.15. The fraction of sp³-hybridized carbons (Fsp3) is 0.458. The Morgan fingerprint density at radius 1 is 1.13 bits per heavy atom. The van der Waals surface area contributed by atoms with Crippen molar-refractivity contribution in [3.05, 3.63) is 65.2 Å². The molecule has 1 aliphatic rings. The Bertz CT molecular complexity index is 803. The van der Waals surface area contributed by atoms with Crippen LogP contribution < -0.4 is 10.1 Å². The average Bonchev–Trinajstić information content (AvgIpc) is 2.82. The van der Waals surface area contributed by atoms with Gasteiger partial charge in [0.25, 0.3) is 5.91 Å². The van der Waals surface area contributed by atoms with Crippen molar-refractivity contribution < 1.29 is 9.53 Å². The molecule has 1 heterocycles. The molecule has 4 nitrogen and oxygen atoms in total. The quantitative estimate of drug-likeness (QED) is 0.563. The zero-order valence-corrected chi connectivity index (χ0v) is 19.7. The fourth-order valence-electron chi connectivity index (χ4n) is 3.73. The Balaban J connectivity index is 1.67. The van der Waals surface area contributed by atoms with Crippen molar-refractivity contribution in [2.45, 2.75) is 30.9 Å². The molecule has 0 radical (unpaired) electrons. The monoisotopic (exact) mass is 444 g/mol. The normalized spacial score (nSPS) is 15.7. The van der Waals surface area contributed by atoms with Gasteiger partial charge in [0.15, 0.2) is 0 Å². The predicted molar refractivity (Wildman–Crippen MR) is 130 cm³/mol. The first-order valence-electron chi connectivity index (χ1n) is 10.7. The third-order valence-electron chi connectivity index (χ3n) is 5.46. The summed E-state index contributed by atoms with van der Waals surface area (Å²) >= 11 is 4.00. The van der Waals surface area contributed by atoms with E-state index in [-0.39, 0.29) is 11.9 Å². The van der Waals surface area contributed by atoms with Gasteiger partial charge >= 0.3 is 0 Å². The van der Waals surface area contributed by atoms with E-state index >= 15 is 0 Å². The van der Waals surface area contributed by atoms with E-state index in [2.05, 4.69) is 48.3 Å². The van der Waals surface area contributed by atoms with E-state index in [4.69, 9.17) is 4.74 Å². The van der Waals surface area contributed by atoms with Crippen LogP contribution in [-0.2, 0) is 0 Å². The highest BCUT2D eigenvalue weighted by Gasteiger charge is 2.20. The van der Waals surface area contributed by atoms with Gasteiger partial charge in [0.2, 0.25) is 0 Å². The Morgan fingerprint density at radius 3 is 2.47 bits per heavy atom. The van der Waals surface area contributed by atoms with Gasteiger partial charge in [-0.05, 0) is 66.4 Å². The summed E-state index contributed by atoms with van der Waals surface area (Å²) in [6.07, 6.45) is 1.29. The number of thioether (sulfide) groups is 2. The van der Waals surface area contributed by atoms with Gasteiger partial charge in [-0.3, -0.25) is 9.69 Å². The summed E-state index contributed by atoms with van der Waals surface area (Å²) in [4.78, 5) is 15.2. The number of nitrogens with one attached hydrogen (secondary N) is 1. The first-order valence-corrected chi connectivity index (χ1v) is 12.7. The maximum atomic E-state index is 12.8. The number of amides is 1. The lowest BCUT2D eigenvalue weighted by molar-refractivity contribution is 0.0935. The van der Waals surface area contributed by atoms with Gasteiger partial charge in [0.1, 0.15) is 5.75 Å². The molecule has 1 unspecified atom stereocenters. The molecule has 1 atom stereocenters. The number of nitrogens with zero attached hydrogens (tertiary/aromatic N) is 1. The second-order valence-electron chi connectivity index (χ2n) is 7.27. The SMILES string of the molecule is CCN(CC)C(CNC(=O)c1ccc(C2SCCCS2)cc1)c1cccc(OC)c1. The molecule has 1 N–H and O–H groups in total. The molecule has 0 spiro atoms. The first-order chi connectivity index (χ1) is 14.7. The molecule has 2 aromatic rings. The van der Waals surface area contributed by atoms with E-state index in [0.717, 1.165) is 24.4 Å². The third-order valence-corrected chi connectivity index (χ3v) is 8.47. The number of hydrogen-bond acceptors (Lipinski definition) is 5. The standard InChI is InChI=1S/C24H32N2O2S2/c1-4-26(5-2)22(20-8-6-9-21(16-20)28-3)17-25-23(27)18-10-12-19(13-11-18)24-29-14-7-15-30-24/h6,8-13,16,22,24H,4-5,7,14-15,17H2,1-3H3,(H,25,27). The number of hydrogen-bond donors (Lipinski definition) is 1. The third kappa shape index (κ3) is 5.96. The fourth-order valence-corrected chi connectivity index (χ4v) is 6.63. The largest absolute Gasteiger partial charge is 0.497 e. The van der Waals surface area contributed by atoms with Crippen LogP contribution in [0.15, 0.2) is 48.5 Å². The summed E-state index contributed by atoms with van der Waals surface area (Å²) in [5.74, 6) is 3.25. The van der Waals surface area contributed by atoms with E-state index in [1.165, 1.54) is 23.5 Å². The van der Waals surface area contributed by atoms with Crippen LogP contribution in [0.3, 0.4) is 0 Å². The Labute approximate surface area is 189 Å². The van der Waals surface area contributed by atoms with Crippen LogP contribution in [-0.4, -0.2) is 49.1 Å². The van der Waals surface area contributed by atoms with E-state index in [1.54, 1.807) is 7.11 Å². The minimum Gasteiger partial charge on any atom is -0.497 e. The van der Waals surface area contributed by atoms with Crippen molar-refractivity contribution in [1.82, 2.24) is 10.2 Å². The molecule has 1 saturated heterocycles. The Morgan fingerprint density at radius 2 is 1.83 bits per heavy atom. The lowest BCUT2D eigenvalue weighted by atomic mass is 10.0. The van der Waals surface area contributed by atoms with Gasteiger partial charge < -0.3 is 10.1 Å². The molecule has 0 bridgehead atoms. The summed E-state index contributed by atoms with van der Waals surface area (Å²) in [5.41, 5.74) is 3.17. The number of rotatable bonds is 9. The van der Waals surface area contributed by atoms with Crippen LogP contribution >= 0.6 is 23.5 Å². The molecule has 0 saturated carbocycles. The van der Waals surface area contributed by atoms with Crippen LogP contribution in [0.25, 0.3) is 0 Å². The van der Waals surface area contributed by atoms with Crippen LogP contribution in [0, 0.1) is 0 Å². The number of ether oxygens (including phenoxy) is 1. The van der Waals surface area contributed by atoms with Crippen LogP contribution in [0.2, 0.25) is 0 Å². The second kappa shape index (κ2) is 11.7. The lowest BCUT2D eigenvalue weighted by Crippen LogP contribution is -2.38. The van der Waals surface area contributed by atoms with Crippen molar-refractivity contribution in [1.29, 1.82) is 0 Å². The Kier molecular flexibility index (Phi) is 8.97. The second-order valence-corrected chi connectivity index (χ2v) is 10.00. The molecule has 3 rings (SSSR count). The summed E-state index contributed by atoms with van der Waals surface area (Å²) in [6.45, 7) is 6.69. The molecular formula is C24H32N2O2S2. The maximum Gasteiger partial charge on any atom is 0.251 e. The molecule has 0 aromatic heterocycles. The summed E-state index contributed by atoms with van der Waals surface area (Å²) in [6, 6.07) is 16.3. The van der Waals surface area contributed by atoms with E-state index in [0.29, 0.717) is 16.7 Å². The number of likely N-dealkylation sites (N-methyl/N-ethyl adjacent to an activating group) is 1. The molecule has 1 fully saturated rings. The van der Waals surface area contributed by atoms with Crippen molar-refractivity contribution in [2.75, 3.05) is 38.2 Å². The van der Waals surface area contributed by atoms with Gasteiger partial charge in [0.05, 0.1) is 17.7 Å². The zero-order chi connectivity index (χ0) is 21.3. The molecule has 162 valence electrons. The topological polar surface area (TPSA) is 41.6 Å². The van der Waals surface area contributed by atoms with Gasteiger partial charge in [-0.1, -0.05) is 38.1 Å². The van der Waals surface area contributed by atoms with Gasteiger partial charge in [0, 0.05) is 12.1 Å². The van der Waals surface area contributed by atoms with Crippen LogP contribution in [0.4, 0.5) is 0 Å². The molecular weight excluding hydrogens is 412 g/mol. The highest BCUT2D eigenvalue weighted by molar-refractivity contribution is 8.16. The minimum atomic E-state index is -0.0226. The molecule has 1 aliphatic heterocycles. The average molecular weight is 445 g/mol. The molecule has 0 aliphatic carbocycles. The first kappa shape index (κ1) is 23.0. The number of methoxy groups -OCH3 is 1. The van der Waals surface area contributed by atoms with E-state index < -0.39 is 0 Å². The smallest absolute Gasteiger partial charge is 0.251 e. The van der Waals surface area contributed by atoms with Crippen molar-refractivity contribution in [2.24, 2.45) is 0 Å². The van der Waals surface area contributed by atoms with Crippen molar-refractivity contribution >= 4 is 29.4 Å². The van der Waals surface area contributed by atoms with Crippen molar-refractivity contribution in [3.8, 4) is 5.75 Å². The summed E-state index contributed by atoms with van der Waals surface area (Å²) in [7, 11) is 1.68. The van der Waals surface area contributed by atoms with Crippen LogP contribution in [0.1, 0.15) is 52.4 Å².